The molecule has 8 nitrogen and oxygen atoms in total. The number of anilines is 2. The van der Waals surface area contributed by atoms with Gasteiger partial charge in [0.25, 0.3) is 5.91 Å². The van der Waals surface area contributed by atoms with Crippen molar-refractivity contribution in [3.63, 3.8) is 0 Å². The van der Waals surface area contributed by atoms with E-state index in [1.165, 1.54) is 0 Å². The van der Waals surface area contributed by atoms with Crippen LogP contribution >= 0.6 is 0 Å². The highest BCUT2D eigenvalue weighted by molar-refractivity contribution is 6.03. The Morgan fingerprint density at radius 3 is 2.48 bits per heavy atom. The third kappa shape index (κ3) is 4.65. The molecule has 29 heavy (non-hydrogen) atoms. The van der Waals surface area contributed by atoms with Crippen molar-refractivity contribution in [1.82, 2.24) is 9.97 Å². The monoisotopic (exact) mass is 398 g/mol. The van der Waals surface area contributed by atoms with Gasteiger partial charge in [0.2, 0.25) is 5.95 Å². The SMILES string of the molecule is CC(C)Oc1ccc(NC(=O)c2ccnc(N3CCC4(CC3)OCCO4)n2)cc1. The third-order valence-corrected chi connectivity index (χ3v) is 4.98. The Hall–Kier alpha value is -2.71. The van der Waals surface area contributed by atoms with Gasteiger partial charge in [-0.3, -0.25) is 4.79 Å². The number of carbonyl (C=O) groups excluding carboxylic acids is 1. The van der Waals surface area contributed by atoms with Crippen LogP contribution < -0.4 is 15.0 Å². The van der Waals surface area contributed by atoms with Crippen LogP contribution in [0.3, 0.4) is 0 Å². The summed E-state index contributed by atoms with van der Waals surface area (Å²) in [6.45, 7) is 6.69. The van der Waals surface area contributed by atoms with E-state index in [9.17, 15) is 4.79 Å². The Morgan fingerprint density at radius 2 is 1.83 bits per heavy atom. The fourth-order valence-corrected chi connectivity index (χ4v) is 3.54. The Bertz CT molecular complexity index is 840. The predicted octanol–water partition coefficient (Wildman–Crippen LogP) is 2.86. The molecule has 0 atom stereocenters. The smallest absolute Gasteiger partial charge is 0.274 e. The first-order valence-electron chi connectivity index (χ1n) is 9.97. The minimum Gasteiger partial charge on any atom is -0.491 e. The second-order valence-corrected chi connectivity index (χ2v) is 7.48. The fourth-order valence-electron chi connectivity index (χ4n) is 3.54. The highest BCUT2D eigenvalue weighted by atomic mass is 16.7. The number of carbonyl (C=O) groups is 1. The van der Waals surface area contributed by atoms with Gasteiger partial charge in [0.05, 0.1) is 19.3 Å². The van der Waals surface area contributed by atoms with Crippen molar-refractivity contribution in [3.8, 4) is 5.75 Å². The third-order valence-electron chi connectivity index (χ3n) is 4.98. The molecule has 1 spiro atoms. The normalized spacial score (nSPS) is 18.2. The van der Waals surface area contributed by atoms with E-state index < -0.39 is 5.79 Å². The number of amides is 1. The number of rotatable bonds is 5. The zero-order chi connectivity index (χ0) is 20.3. The lowest BCUT2D eigenvalue weighted by Gasteiger charge is -2.37. The summed E-state index contributed by atoms with van der Waals surface area (Å²) in [4.78, 5) is 23.5. The predicted molar refractivity (Wildman–Crippen MR) is 108 cm³/mol. The molecule has 1 N–H and O–H groups in total. The Balaban J connectivity index is 1.38. The van der Waals surface area contributed by atoms with Gasteiger partial charge in [-0.2, -0.15) is 0 Å². The Kier molecular flexibility index (Phi) is 5.64. The van der Waals surface area contributed by atoms with Gasteiger partial charge in [-0.05, 0) is 44.2 Å². The van der Waals surface area contributed by atoms with Crippen LogP contribution in [0.4, 0.5) is 11.6 Å². The van der Waals surface area contributed by atoms with Gasteiger partial charge in [0, 0.05) is 37.8 Å². The van der Waals surface area contributed by atoms with E-state index in [2.05, 4.69) is 20.2 Å². The van der Waals surface area contributed by atoms with Crippen LogP contribution in [-0.4, -0.2) is 54.1 Å². The second kappa shape index (κ2) is 8.34. The van der Waals surface area contributed by atoms with Crippen molar-refractivity contribution < 1.29 is 19.0 Å². The molecular weight excluding hydrogens is 372 g/mol. The van der Waals surface area contributed by atoms with Gasteiger partial charge in [-0.25, -0.2) is 9.97 Å². The molecule has 1 aromatic heterocycles. The molecule has 154 valence electrons. The number of benzene rings is 1. The van der Waals surface area contributed by atoms with Gasteiger partial charge in [0.15, 0.2) is 5.79 Å². The van der Waals surface area contributed by atoms with Crippen molar-refractivity contribution in [2.45, 2.75) is 38.6 Å². The van der Waals surface area contributed by atoms with Gasteiger partial charge in [-0.1, -0.05) is 0 Å². The minimum absolute atomic E-state index is 0.103. The largest absolute Gasteiger partial charge is 0.491 e. The standard InChI is InChI=1S/C21H26N4O4/c1-15(2)29-17-5-3-16(4-6-17)23-19(26)18-7-10-22-20(24-18)25-11-8-21(9-12-25)27-13-14-28-21/h3-7,10,15H,8-9,11-14H2,1-2H3,(H,23,26). The van der Waals surface area contributed by atoms with E-state index in [-0.39, 0.29) is 12.0 Å². The molecule has 0 aliphatic carbocycles. The number of hydrogen-bond acceptors (Lipinski definition) is 7. The average molecular weight is 398 g/mol. The van der Waals surface area contributed by atoms with E-state index in [1.54, 1.807) is 12.3 Å². The zero-order valence-corrected chi connectivity index (χ0v) is 16.8. The van der Waals surface area contributed by atoms with Gasteiger partial charge < -0.3 is 24.4 Å². The molecule has 2 aliphatic rings. The van der Waals surface area contributed by atoms with Crippen LogP contribution in [0, 0.1) is 0 Å². The first-order valence-corrected chi connectivity index (χ1v) is 9.97. The van der Waals surface area contributed by atoms with Gasteiger partial charge in [0.1, 0.15) is 11.4 Å². The Labute approximate surface area is 170 Å². The van der Waals surface area contributed by atoms with Crippen LogP contribution in [0.2, 0.25) is 0 Å². The molecule has 0 saturated carbocycles. The molecule has 2 aromatic rings. The topological polar surface area (TPSA) is 85.8 Å². The summed E-state index contributed by atoms with van der Waals surface area (Å²) in [5.74, 6) is 0.588. The minimum atomic E-state index is -0.447. The van der Waals surface area contributed by atoms with Crippen LogP contribution in [0.15, 0.2) is 36.5 Å². The second-order valence-electron chi connectivity index (χ2n) is 7.48. The maximum absolute atomic E-state index is 12.6. The molecule has 2 aliphatic heterocycles. The van der Waals surface area contributed by atoms with Gasteiger partial charge in [-0.15, -0.1) is 0 Å². The fraction of sp³-hybridized carbons (Fsp3) is 0.476. The van der Waals surface area contributed by atoms with Crippen LogP contribution in [0.1, 0.15) is 37.2 Å². The zero-order valence-electron chi connectivity index (χ0n) is 16.8. The lowest BCUT2D eigenvalue weighted by molar-refractivity contribution is -0.169. The van der Waals surface area contributed by atoms with Crippen molar-refractivity contribution in [3.05, 3.63) is 42.2 Å². The molecule has 0 unspecified atom stereocenters. The molecule has 4 rings (SSSR count). The summed E-state index contributed by atoms with van der Waals surface area (Å²) in [6.07, 6.45) is 3.24. The maximum Gasteiger partial charge on any atom is 0.274 e. The number of nitrogens with one attached hydrogen (secondary N) is 1. The van der Waals surface area contributed by atoms with Crippen LogP contribution in [-0.2, 0) is 9.47 Å². The molecule has 1 amide bonds. The van der Waals surface area contributed by atoms with Crippen molar-refractivity contribution >= 4 is 17.5 Å². The number of ether oxygens (including phenoxy) is 3. The summed E-state index contributed by atoms with van der Waals surface area (Å²) >= 11 is 0. The van der Waals surface area contributed by atoms with Gasteiger partial charge >= 0.3 is 0 Å². The van der Waals surface area contributed by atoms with E-state index in [4.69, 9.17) is 14.2 Å². The molecule has 2 fully saturated rings. The summed E-state index contributed by atoms with van der Waals surface area (Å²) in [5, 5.41) is 2.87. The molecule has 0 bridgehead atoms. The first-order chi connectivity index (χ1) is 14.0. The number of nitrogens with zero attached hydrogens (tertiary/aromatic N) is 3. The van der Waals surface area contributed by atoms with Crippen molar-refractivity contribution in [1.29, 1.82) is 0 Å². The lowest BCUT2D eigenvalue weighted by atomic mass is 10.0. The van der Waals surface area contributed by atoms with Crippen molar-refractivity contribution in [2.75, 3.05) is 36.5 Å². The van der Waals surface area contributed by atoms with Crippen molar-refractivity contribution in [2.24, 2.45) is 0 Å². The molecule has 0 radical (unpaired) electrons. The molecule has 2 saturated heterocycles. The summed E-state index contributed by atoms with van der Waals surface area (Å²) in [7, 11) is 0. The van der Waals surface area contributed by atoms with E-state index in [0.717, 1.165) is 31.7 Å². The number of piperidine rings is 1. The number of aromatic nitrogens is 2. The van der Waals surface area contributed by atoms with Crippen LogP contribution in [0.25, 0.3) is 0 Å². The highest BCUT2D eigenvalue weighted by Gasteiger charge is 2.40. The number of hydrogen-bond donors (Lipinski definition) is 1. The highest BCUT2D eigenvalue weighted by Crippen LogP contribution is 2.32. The van der Waals surface area contributed by atoms with E-state index in [0.29, 0.717) is 30.5 Å². The van der Waals surface area contributed by atoms with E-state index >= 15 is 0 Å². The lowest BCUT2D eigenvalue weighted by Crippen LogP contribution is -2.45. The van der Waals surface area contributed by atoms with E-state index in [1.807, 2.05) is 38.1 Å². The molecule has 3 heterocycles. The molecule has 1 aromatic carbocycles. The van der Waals surface area contributed by atoms with Crippen LogP contribution in [0.5, 0.6) is 5.75 Å². The summed E-state index contributed by atoms with van der Waals surface area (Å²) in [6, 6.07) is 8.89. The molecular formula is C21H26N4O4. The first kappa shape index (κ1) is 19.6. The molecule has 8 heteroatoms. The summed E-state index contributed by atoms with van der Waals surface area (Å²) in [5.41, 5.74) is 1.01. The Morgan fingerprint density at radius 1 is 1.14 bits per heavy atom. The quantitative estimate of drug-likeness (QED) is 0.829. The summed E-state index contributed by atoms with van der Waals surface area (Å²) < 4.78 is 17.1. The maximum atomic E-state index is 12.6. The average Bonchev–Trinajstić information content (AvgIpc) is 3.18.